The van der Waals surface area contributed by atoms with Crippen molar-refractivity contribution < 1.29 is 4.74 Å². The average molecular weight is 236 g/mol. The third-order valence-corrected chi connectivity index (χ3v) is 2.73. The molecule has 0 aliphatic carbocycles. The lowest BCUT2D eigenvalue weighted by molar-refractivity contribution is 0.0209. The number of nitrogens with one attached hydrogen (secondary N) is 1. The molecule has 0 amide bonds. The molecule has 1 saturated heterocycles. The van der Waals surface area contributed by atoms with E-state index in [4.69, 9.17) is 4.74 Å². The highest BCUT2D eigenvalue weighted by atomic mass is 16.5. The van der Waals surface area contributed by atoms with Crippen molar-refractivity contribution in [1.82, 2.24) is 9.97 Å². The first-order valence-corrected chi connectivity index (χ1v) is 6.10. The van der Waals surface area contributed by atoms with Crippen LogP contribution in [0.1, 0.15) is 19.0 Å². The van der Waals surface area contributed by atoms with Gasteiger partial charge in [0, 0.05) is 25.4 Å². The van der Waals surface area contributed by atoms with Crippen molar-refractivity contribution in [3.05, 3.63) is 11.8 Å². The lowest BCUT2D eigenvalue weighted by Crippen LogP contribution is -2.40. The molecule has 1 aromatic rings. The summed E-state index contributed by atoms with van der Waals surface area (Å²) in [6, 6.07) is 2.37. The second kappa shape index (κ2) is 5.31. The number of nitrogens with zero attached hydrogens (tertiary/aromatic N) is 3. The summed E-state index contributed by atoms with van der Waals surface area (Å²) in [7, 11) is 2.02. The number of hydrogen-bond donors (Lipinski definition) is 1. The Labute approximate surface area is 102 Å². The van der Waals surface area contributed by atoms with E-state index >= 15 is 0 Å². The molecule has 1 fully saturated rings. The smallest absolute Gasteiger partial charge is 0.227 e. The Morgan fingerprint density at radius 3 is 2.82 bits per heavy atom. The van der Waals surface area contributed by atoms with Crippen LogP contribution in [0.25, 0.3) is 0 Å². The van der Waals surface area contributed by atoms with Gasteiger partial charge in [0.15, 0.2) is 0 Å². The summed E-state index contributed by atoms with van der Waals surface area (Å²) in [6.07, 6.45) is 1.09. The van der Waals surface area contributed by atoms with Gasteiger partial charge in [0.05, 0.1) is 19.3 Å². The quantitative estimate of drug-likeness (QED) is 0.838. The molecule has 1 aromatic heterocycles. The Hall–Kier alpha value is -1.36. The Kier molecular flexibility index (Phi) is 3.78. The Morgan fingerprint density at radius 2 is 2.24 bits per heavy atom. The van der Waals surface area contributed by atoms with E-state index < -0.39 is 0 Å². The van der Waals surface area contributed by atoms with E-state index in [9.17, 15) is 0 Å². The fraction of sp³-hybridized carbons (Fsp3) is 0.667. The van der Waals surface area contributed by atoms with Crippen LogP contribution >= 0.6 is 0 Å². The molecule has 0 saturated carbocycles. The van der Waals surface area contributed by atoms with E-state index in [2.05, 4.69) is 27.1 Å². The van der Waals surface area contributed by atoms with E-state index in [-0.39, 0.29) is 0 Å². The monoisotopic (exact) mass is 236 g/mol. The minimum absolute atomic E-state index is 0.397. The van der Waals surface area contributed by atoms with Gasteiger partial charge in [0.2, 0.25) is 5.95 Å². The molecule has 17 heavy (non-hydrogen) atoms. The first-order chi connectivity index (χ1) is 8.19. The molecule has 0 aromatic carbocycles. The molecule has 1 N–H and O–H groups in total. The summed E-state index contributed by atoms with van der Waals surface area (Å²) in [5.41, 5.74) is 0.987. The van der Waals surface area contributed by atoms with E-state index in [1.165, 1.54) is 0 Å². The van der Waals surface area contributed by atoms with Crippen LogP contribution in [0.3, 0.4) is 0 Å². The maximum atomic E-state index is 5.14. The minimum atomic E-state index is 0.397. The second-order valence-corrected chi connectivity index (χ2v) is 4.49. The SMILES string of the molecule is CCCN(C)c1nc(C)cc(NC2COC2)n1. The van der Waals surface area contributed by atoms with Crippen molar-refractivity contribution in [2.45, 2.75) is 26.3 Å². The summed E-state index contributed by atoms with van der Waals surface area (Å²) in [5.74, 6) is 1.68. The normalized spacial score (nSPS) is 15.5. The van der Waals surface area contributed by atoms with Crippen molar-refractivity contribution in [2.75, 3.05) is 37.0 Å². The highest BCUT2D eigenvalue weighted by Crippen LogP contribution is 2.15. The third-order valence-electron chi connectivity index (χ3n) is 2.73. The van der Waals surface area contributed by atoms with Crippen LogP contribution in [0.5, 0.6) is 0 Å². The van der Waals surface area contributed by atoms with Gasteiger partial charge in [-0.2, -0.15) is 4.98 Å². The molecule has 1 aliphatic heterocycles. The topological polar surface area (TPSA) is 50.3 Å². The lowest BCUT2D eigenvalue weighted by atomic mass is 10.2. The molecule has 2 rings (SSSR count). The first-order valence-electron chi connectivity index (χ1n) is 6.10. The van der Waals surface area contributed by atoms with E-state index in [0.717, 1.165) is 43.6 Å². The fourth-order valence-electron chi connectivity index (χ4n) is 1.76. The van der Waals surface area contributed by atoms with Gasteiger partial charge in [-0.25, -0.2) is 4.98 Å². The van der Waals surface area contributed by atoms with E-state index in [0.29, 0.717) is 6.04 Å². The highest BCUT2D eigenvalue weighted by molar-refractivity contribution is 5.44. The highest BCUT2D eigenvalue weighted by Gasteiger charge is 2.19. The molecule has 94 valence electrons. The molecule has 5 nitrogen and oxygen atoms in total. The van der Waals surface area contributed by atoms with Gasteiger partial charge >= 0.3 is 0 Å². The predicted octanol–water partition coefficient (Wildman–Crippen LogP) is 1.44. The maximum absolute atomic E-state index is 5.14. The van der Waals surface area contributed by atoms with Crippen LogP contribution in [-0.2, 0) is 4.74 Å². The van der Waals surface area contributed by atoms with Gasteiger partial charge in [-0.1, -0.05) is 6.92 Å². The van der Waals surface area contributed by atoms with E-state index in [1.807, 2.05) is 20.0 Å². The largest absolute Gasteiger partial charge is 0.377 e. The number of hydrogen-bond acceptors (Lipinski definition) is 5. The van der Waals surface area contributed by atoms with E-state index in [1.54, 1.807) is 0 Å². The van der Waals surface area contributed by atoms with Crippen molar-refractivity contribution in [2.24, 2.45) is 0 Å². The Morgan fingerprint density at radius 1 is 1.47 bits per heavy atom. The first kappa shape index (κ1) is 12.1. The van der Waals surface area contributed by atoms with Crippen LogP contribution in [0.2, 0.25) is 0 Å². The standard InChI is InChI=1S/C12H20N4O/c1-4-5-16(3)12-13-9(2)6-11(15-12)14-10-7-17-8-10/h6,10H,4-5,7-8H2,1-3H3,(H,13,14,15). The molecule has 0 radical (unpaired) electrons. The van der Waals surface area contributed by atoms with Crippen LogP contribution < -0.4 is 10.2 Å². The fourth-order valence-corrected chi connectivity index (χ4v) is 1.76. The molecular formula is C12H20N4O. The summed E-state index contributed by atoms with van der Waals surface area (Å²) in [5, 5.41) is 3.35. The number of aromatic nitrogens is 2. The van der Waals surface area contributed by atoms with Gasteiger partial charge in [-0.05, 0) is 13.3 Å². The predicted molar refractivity (Wildman–Crippen MR) is 68.6 cm³/mol. The summed E-state index contributed by atoms with van der Waals surface area (Å²) >= 11 is 0. The summed E-state index contributed by atoms with van der Waals surface area (Å²) < 4.78 is 5.14. The van der Waals surface area contributed by atoms with Crippen molar-refractivity contribution in [3.63, 3.8) is 0 Å². The zero-order valence-corrected chi connectivity index (χ0v) is 10.7. The summed E-state index contributed by atoms with van der Waals surface area (Å²) in [6.45, 7) is 6.65. The van der Waals surface area contributed by atoms with Crippen LogP contribution in [-0.4, -0.2) is 42.8 Å². The van der Waals surface area contributed by atoms with Gasteiger partial charge in [0.25, 0.3) is 0 Å². The molecule has 0 bridgehead atoms. The van der Waals surface area contributed by atoms with Crippen LogP contribution in [0.15, 0.2) is 6.07 Å². The maximum Gasteiger partial charge on any atom is 0.227 e. The number of aryl methyl sites for hydroxylation is 1. The van der Waals surface area contributed by atoms with Crippen molar-refractivity contribution >= 4 is 11.8 Å². The van der Waals surface area contributed by atoms with Crippen molar-refractivity contribution in [1.29, 1.82) is 0 Å². The van der Waals surface area contributed by atoms with Crippen LogP contribution in [0, 0.1) is 6.92 Å². The molecule has 5 heteroatoms. The number of ether oxygens (including phenoxy) is 1. The molecule has 0 unspecified atom stereocenters. The number of anilines is 2. The zero-order valence-electron chi connectivity index (χ0n) is 10.7. The second-order valence-electron chi connectivity index (χ2n) is 4.49. The molecular weight excluding hydrogens is 216 g/mol. The van der Waals surface area contributed by atoms with Gasteiger partial charge in [-0.15, -0.1) is 0 Å². The Balaban J connectivity index is 2.10. The zero-order chi connectivity index (χ0) is 12.3. The molecule has 0 atom stereocenters. The molecule has 0 spiro atoms. The van der Waals surface area contributed by atoms with Gasteiger partial charge in [-0.3, -0.25) is 0 Å². The van der Waals surface area contributed by atoms with Gasteiger partial charge < -0.3 is 15.0 Å². The minimum Gasteiger partial charge on any atom is -0.377 e. The molecule has 1 aliphatic rings. The van der Waals surface area contributed by atoms with Gasteiger partial charge in [0.1, 0.15) is 5.82 Å². The summed E-state index contributed by atoms with van der Waals surface area (Å²) in [4.78, 5) is 11.0. The third kappa shape index (κ3) is 3.06. The number of rotatable bonds is 5. The van der Waals surface area contributed by atoms with Crippen molar-refractivity contribution in [3.8, 4) is 0 Å². The lowest BCUT2D eigenvalue weighted by Gasteiger charge is -2.27. The van der Waals surface area contributed by atoms with Crippen LogP contribution in [0.4, 0.5) is 11.8 Å². The Bertz CT molecular complexity index is 379. The molecule has 2 heterocycles. The average Bonchev–Trinajstić information content (AvgIpc) is 2.23.